The highest BCUT2D eigenvalue weighted by Gasteiger charge is 2.17. The first-order valence-electron chi connectivity index (χ1n) is 7.45. The fourth-order valence-corrected chi connectivity index (χ4v) is 3.28. The summed E-state index contributed by atoms with van der Waals surface area (Å²) in [6.07, 6.45) is 3.07. The molecule has 0 spiro atoms. The first-order valence-corrected chi connectivity index (χ1v) is 9.34. The summed E-state index contributed by atoms with van der Waals surface area (Å²) in [5, 5.41) is 0. The van der Waals surface area contributed by atoms with Crippen LogP contribution in [0.3, 0.4) is 0 Å². The maximum Gasteiger partial charge on any atom is 0.175 e. The number of halogens is 1. The maximum absolute atomic E-state index is 13.6. The summed E-state index contributed by atoms with van der Waals surface area (Å²) in [6, 6.07) is 13.1. The van der Waals surface area contributed by atoms with E-state index in [2.05, 4.69) is 0 Å². The van der Waals surface area contributed by atoms with E-state index in [1.54, 1.807) is 30.3 Å². The van der Waals surface area contributed by atoms with Crippen LogP contribution in [-0.2, 0) is 14.6 Å². The lowest BCUT2D eigenvalue weighted by molar-refractivity contribution is 0.253. The van der Waals surface area contributed by atoms with Crippen LogP contribution in [0.5, 0.6) is 0 Å². The molecule has 2 aromatic carbocycles. The van der Waals surface area contributed by atoms with Crippen molar-refractivity contribution in [2.45, 2.75) is 11.8 Å². The van der Waals surface area contributed by atoms with Gasteiger partial charge in [0.1, 0.15) is 12.4 Å². The molecule has 0 aromatic heterocycles. The highest BCUT2D eigenvalue weighted by Crippen LogP contribution is 2.33. The van der Waals surface area contributed by atoms with Crippen LogP contribution in [-0.4, -0.2) is 21.3 Å². The number of hydrogen-bond donors (Lipinski definition) is 0. The fourth-order valence-electron chi connectivity index (χ4n) is 2.65. The molecule has 0 radical (unpaired) electrons. The van der Waals surface area contributed by atoms with Crippen molar-refractivity contribution in [3.05, 3.63) is 77.3 Å². The molecule has 0 saturated carbocycles. The highest BCUT2D eigenvalue weighted by atomic mass is 32.2. The molecule has 0 N–H and O–H groups in total. The number of ether oxygens (including phenoxy) is 1. The fraction of sp³-hybridized carbons (Fsp3) is 0.158. The third-order valence-electron chi connectivity index (χ3n) is 3.88. The molecule has 1 heterocycles. The topological polar surface area (TPSA) is 43.4 Å². The predicted octanol–water partition coefficient (Wildman–Crippen LogP) is 4.07. The van der Waals surface area contributed by atoms with Crippen molar-refractivity contribution < 1.29 is 17.5 Å². The number of sulfone groups is 1. The molecule has 3 rings (SSSR count). The Morgan fingerprint density at radius 1 is 1.04 bits per heavy atom. The van der Waals surface area contributed by atoms with E-state index in [4.69, 9.17) is 4.74 Å². The van der Waals surface area contributed by atoms with Crippen LogP contribution in [0.15, 0.2) is 65.3 Å². The Morgan fingerprint density at radius 2 is 1.75 bits per heavy atom. The van der Waals surface area contributed by atoms with Gasteiger partial charge in [-0.25, -0.2) is 12.8 Å². The molecular formula is C19H17FO3S. The van der Waals surface area contributed by atoms with Crippen LogP contribution >= 0.6 is 0 Å². The van der Waals surface area contributed by atoms with E-state index in [0.717, 1.165) is 28.0 Å². The van der Waals surface area contributed by atoms with Crippen LogP contribution in [0.1, 0.15) is 18.1 Å². The zero-order valence-corrected chi connectivity index (χ0v) is 14.2. The van der Waals surface area contributed by atoms with Crippen molar-refractivity contribution in [2.75, 3.05) is 12.9 Å². The van der Waals surface area contributed by atoms with Crippen molar-refractivity contribution in [1.29, 1.82) is 0 Å². The number of hydrogen-bond acceptors (Lipinski definition) is 3. The second-order valence-corrected chi connectivity index (χ2v) is 7.76. The quantitative estimate of drug-likeness (QED) is 0.843. The van der Waals surface area contributed by atoms with Crippen LogP contribution in [0.4, 0.5) is 4.39 Å². The van der Waals surface area contributed by atoms with Crippen LogP contribution in [0.25, 0.3) is 11.1 Å². The molecule has 0 saturated heterocycles. The maximum atomic E-state index is 13.6. The number of rotatable bonds is 3. The van der Waals surface area contributed by atoms with Gasteiger partial charge < -0.3 is 4.74 Å². The summed E-state index contributed by atoms with van der Waals surface area (Å²) >= 11 is 0. The van der Waals surface area contributed by atoms with Gasteiger partial charge in [0.2, 0.25) is 0 Å². The van der Waals surface area contributed by atoms with Gasteiger partial charge in [-0.1, -0.05) is 24.3 Å². The molecule has 0 bridgehead atoms. The molecule has 3 nitrogen and oxygen atoms in total. The molecule has 5 heteroatoms. The number of benzene rings is 2. The third-order valence-corrected chi connectivity index (χ3v) is 5.01. The van der Waals surface area contributed by atoms with E-state index >= 15 is 0 Å². The Bertz CT molecular complexity index is 939. The van der Waals surface area contributed by atoms with E-state index in [1.165, 1.54) is 18.4 Å². The summed E-state index contributed by atoms with van der Waals surface area (Å²) in [7, 11) is -3.24. The minimum absolute atomic E-state index is 0.270. The number of allylic oxidation sites excluding steroid dienone is 3. The third kappa shape index (κ3) is 3.41. The molecule has 0 aliphatic carbocycles. The molecule has 0 fully saturated rings. The molecule has 0 amide bonds. The Hall–Kier alpha value is -2.40. The predicted molar refractivity (Wildman–Crippen MR) is 92.5 cm³/mol. The zero-order valence-electron chi connectivity index (χ0n) is 13.4. The van der Waals surface area contributed by atoms with Crippen molar-refractivity contribution in [3.8, 4) is 0 Å². The lowest BCUT2D eigenvalue weighted by atomic mass is 9.93. The van der Waals surface area contributed by atoms with Crippen LogP contribution in [0, 0.1) is 5.82 Å². The Labute approximate surface area is 141 Å². The van der Waals surface area contributed by atoms with Crippen molar-refractivity contribution >= 4 is 21.0 Å². The molecule has 1 aliphatic heterocycles. The van der Waals surface area contributed by atoms with Crippen LogP contribution < -0.4 is 0 Å². The van der Waals surface area contributed by atoms with Gasteiger partial charge in [0.25, 0.3) is 0 Å². The molecular weight excluding hydrogens is 327 g/mol. The zero-order chi connectivity index (χ0) is 17.3. The molecule has 1 aliphatic rings. The van der Waals surface area contributed by atoms with Crippen LogP contribution in [0.2, 0.25) is 0 Å². The summed E-state index contributed by atoms with van der Waals surface area (Å²) in [5.41, 5.74) is 3.39. The van der Waals surface area contributed by atoms with Gasteiger partial charge in [-0.3, -0.25) is 0 Å². The van der Waals surface area contributed by atoms with E-state index in [9.17, 15) is 12.8 Å². The first kappa shape index (κ1) is 16.5. The normalized spacial score (nSPS) is 15.0. The summed E-state index contributed by atoms with van der Waals surface area (Å²) in [5.74, 6) is 0.454. The SMILES string of the molecule is CC1=CC(c2ccc(S(C)(=O)=O)cc2)=C(c2cccc(F)c2)CO1. The van der Waals surface area contributed by atoms with E-state index in [1.807, 2.05) is 19.1 Å². The molecule has 2 aromatic rings. The second kappa shape index (κ2) is 6.24. The van der Waals surface area contributed by atoms with Crippen molar-refractivity contribution in [1.82, 2.24) is 0 Å². The molecule has 0 atom stereocenters. The summed E-state index contributed by atoms with van der Waals surface area (Å²) in [6.45, 7) is 2.20. The lowest BCUT2D eigenvalue weighted by Gasteiger charge is -2.20. The monoisotopic (exact) mass is 344 g/mol. The van der Waals surface area contributed by atoms with Gasteiger partial charge in [0.15, 0.2) is 9.84 Å². The minimum atomic E-state index is -3.24. The summed E-state index contributed by atoms with van der Waals surface area (Å²) < 4.78 is 42.4. The Balaban J connectivity index is 2.13. The van der Waals surface area contributed by atoms with Crippen molar-refractivity contribution in [3.63, 3.8) is 0 Å². The van der Waals surface area contributed by atoms with Gasteiger partial charge in [-0.15, -0.1) is 0 Å². The van der Waals surface area contributed by atoms with Gasteiger partial charge in [0, 0.05) is 11.8 Å². The first-order chi connectivity index (χ1) is 11.3. The molecule has 124 valence electrons. The average Bonchev–Trinajstić information content (AvgIpc) is 2.54. The largest absolute Gasteiger partial charge is 0.493 e. The van der Waals surface area contributed by atoms with Gasteiger partial charge in [-0.2, -0.15) is 0 Å². The minimum Gasteiger partial charge on any atom is -0.493 e. The Kier molecular flexibility index (Phi) is 4.28. The molecule has 24 heavy (non-hydrogen) atoms. The van der Waals surface area contributed by atoms with E-state index in [-0.39, 0.29) is 10.7 Å². The average molecular weight is 344 g/mol. The van der Waals surface area contributed by atoms with E-state index < -0.39 is 9.84 Å². The van der Waals surface area contributed by atoms with Gasteiger partial charge in [-0.05, 0) is 54.0 Å². The Morgan fingerprint density at radius 3 is 2.38 bits per heavy atom. The smallest absolute Gasteiger partial charge is 0.175 e. The second-order valence-electron chi connectivity index (χ2n) is 5.74. The van der Waals surface area contributed by atoms with Gasteiger partial charge >= 0.3 is 0 Å². The van der Waals surface area contributed by atoms with Gasteiger partial charge in [0.05, 0.1) is 10.7 Å². The lowest BCUT2D eigenvalue weighted by Crippen LogP contribution is -2.06. The standard InChI is InChI=1S/C19H17FO3S/c1-13-10-18(14-6-8-17(9-7-14)24(2,21)22)19(12-23-13)15-4-3-5-16(20)11-15/h3-11H,12H2,1-2H3. The van der Waals surface area contributed by atoms with E-state index in [0.29, 0.717) is 6.61 Å². The summed E-state index contributed by atoms with van der Waals surface area (Å²) in [4.78, 5) is 0.270. The van der Waals surface area contributed by atoms with Crippen molar-refractivity contribution in [2.24, 2.45) is 0 Å². The molecule has 0 unspecified atom stereocenters. The highest BCUT2D eigenvalue weighted by molar-refractivity contribution is 7.90.